The number of ether oxygens (including phenoxy) is 1. The standard InChI is InChI=1S/C23H23FN2O3/c24-18-8-6-16(7-9-18)19-10-11-20-26(19)22(28)23(29-20)12-14-25(15-13-23)21(27)17-4-2-1-3-5-17/h1-9,19-20H,10-15H2/t19-,20+/m0/s1. The van der Waals surface area contributed by atoms with Crippen LogP contribution in [0.2, 0.25) is 0 Å². The van der Waals surface area contributed by atoms with Crippen molar-refractivity contribution in [3.63, 3.8) is 0 Å². The van der Waals surface area contributed by atoms with Crippen molar-refractivity contribution in [1.82, 2.24) is 9.80 Å². The van der Waals surface area contributed by atoms with Crippen LogP contribution in [-0.4, -0.2) is 46.5 Å². The van der Waals surface area contributed by atoms with Gasteiger partial charge in [-0.05, 0) is 42.7 Å². The minimum Gasteiger partial charge on any atom is -0.342 e. The highest BCUT2D eigenvalue weighted by Crippen LogP contribution is 2.47. The van der Waals surface area contributed by atoms with Gasteiger partial charge in [0.2, 0.25) is 0 Å². The largest absolute Gasteiger partial charge is 0.342 e. The molecule has 150 valence electrons. The smallest absolute Gasteiger partial charge is 0.257 e. The van der Waals surface area contributed by atoms with E-state index in [4.69, 9.17) is 4.74 Å². The molecule has 0 unspecified atom stereocenters. The van der Waals surface area contributed by atoms with Crippen LogP contribution in [0.15, 0.2) is 54.6 Å². The molecular weight excluding hydrogens is 371 g/mol. The first-order chi connectivity index (χ1) is 14.1. The lowest BCUT2D eigenvalue weighted by Gasteiger charge is -2.37. The van der Waals surface area contributed by atoms with E-state index in [9.17, 15) is 14.0 Å². The van der Waals surface area contributed by atoms with Gasteiger partial charge in [-0.1, -0.05) is 30.3 Å². The van der Waals surface area contributed by atoms with Crippen LogP contribution in [0.4, 0.5) is 4.39 Å². The van der Waals surface area contributed by atoms with Crippen LogP contribution in [0.5, 0.6) is 0 Å². The Kier molecular flexibility index (Phi) is 4.39. The summed E-state index contributed by atoms with van der Waals surface area (Å²) >= 11 is 0. The molecule has 3 saturated heterocycles. The van der Waals surface area contributed by atoms with Crippen LogP contribution < -0.4 is 0 Å². The van der Waals surface area contributed by atoms with Gasteiger partial charge in [-0.15, -0.1) is 0 Å². The van der Waals surface area contributed by atoms with E-state index in [0.29, 0.717) is 31.5 Å². The number of rotatable bonds is 2. The number of carbonyl (C=O) groups excluding carboxylic acids is 2. The van der Waals surface area contributed by atoms with Crippen molar-refractivity contribution in [3.05, 3.63) is 71.5 Å². The van der Waals surface area contributed by atoms with Gasteiger partial charge in [-0.25, -0.2) is 4.39 Å². The van der Waals surface area contributed by atoms with Crippen LogP contribution >= 0.6 is 0 Å². The Balaban J connectivity index is 1.30. The molecule has 29 heavy (non-hydrogen) atoms. The molecule has 3 aliphatic rings. The first-order valence-electron chi connectivity index (χ1n) is 10.2. The summed E-state index contributed by atoms with van der Waals surface area (Å²) in [4.78, 5) is 29.7. The lowest BCUT2D eigenvalue weighted by atomic mass is 9.89. The van der Waals surface area contributed by atoms with Gasteiger partial charge in [0.25, 0.3) is 11.8 Å². The number of amides is 2. The Morgan fingerprint density at radius 3 is 2.38 bits per heavy atom. The van der Waals surface area contributed by atoms with Crippen molar-refractivity contribution in [2.24, 2.45) is 0 Å². The Morgan fingerprint density at radius 2 is 1.69 bits per heavy atom. The fourth-order valence-electron chi connectivity index (χ4n) is 4.89. The Morgan fingerprint density at radius 1 is 1.00 bits per heavy atom. The molecular formula is C23H23FN2O3. The molecule has 5 rings (SSSR count). The van der Waals surface area contributed by atoms with Crippen LogP contribution in [-0.2, 0) is 9.53 Å². The maximum absolute atomic E-state index is 13.4. The second-order valence-corrected chi connectivity index (χ2v) is 8.08. The molecule has 2 aromatic carbocycles. The molecule has 0 radical (unpaired) electrons. The number of nitrogens with zero attached hydrogens (tertiary/aromatic N) is 2. The average Bonchev–Trinajstić information content (AvgIpc) is 3.28. The fraction of sp³-hybridized carbons (Fsp3) is 0.391. The van der Waals surface area contributed by atoms with Gasteiger partial charge < -0.3 is 14.5 Å². The average molecular weight is 394 g/mol. The minimum atomic E-state index is -0.836. The number of halogens is 1. The van der Waals surface area contributed by atoms with Crippen LogP contribution in [0, 0.1) is 5.82 Å². The zero-order valence-electron chi connectivity index (χ0n) is 16.1. The summed E-state index contributed by atoms with van der Waals surface area (Å²) in [6.07, 6.45) is 2.38. The summed E-state index contributed by atoms with van der Waals surface area (Å²) in [6.45, 7) is 1.00. The second-order valence-electron chi connectivity index (χ2n) is 8.08. The molecule has 3 fully saturated rings. The molecule has 0 N–H and O–H groups in total. The van der Waals surface area contributed by atoms with E-state index < -0.39 is 5.60 Å². The Hall–Kier alpha value is -2.73. The molecule has 1 spiro atoms. The zero-order valence-corrected chi connectivity index (χ0v) is 16.1. The molecule has 0 saturated carbocycles. The molecule has 3 aliphatic heterocycles. The van der Waals surface area contributed by atoms with Gasteiger partial charge in [0.15, 0.2) is 5.60 Å². The monoisotopic (exact) mass is 394 g/mol. The number of hydrogen-bond donors (Lipinski definition) is 0. The minimum absolute atomic E-state index is 0.00409. The Bertz CT molecular complexity index is 923. The van der Waals surface area contributed by atoms with E-state index in [1.807, 2.05) is 35.2 Å². The summed E-state index contributed by atoms with van der Waals surface area (Å²) < 4.78 is 19.6. The van der Waals surface area contributed by atoms with Crippen molar-refractivity contribution >= 4 is 11.8 Å². The van der Waals surface area contributed by atoms with Crippen molar-refractivity contribution in [2.45, 2.75) is 43.6 Å². The van der Waals surface area contributed by atoms with Crippen molar-refractivity contribution in [1.29, 1.82) is 0 Å². The second kappa shape index (κ2) is 6.95. The number of carbonyl (C=O) groups is 2. The van der Waals surface area contributed by atoms with Gasteiger partial charge in [-0.2, -0.15) is 0 Å². The van der Waals surface area contributed by atoms with Crippen LogP contribution in [0.3, 0.4) is 0 Å². The van der Waals surface area contributed by atoms with Crippen molar-refractivity contribution < 1.29 is 18.7 Å². The number of fused-ring (bicyclic) bond motifs is 1. The van der Waals surface area contributed by atoms with E-state index in [1.54, 1.807) is 17.0 Å². The number of benzene rings is 2. The SMILES string of the molecule is O=C(c1ccccc1)N1CCC2(CC1)O[C@@H]1CC[C@@H](c3ccc(F)cc3)N1C2=O. The Labute approximate surface area is 169 Å². The van der Waals surface area contributed by atoms with E-state index >= 15 is 0 Å². The third-order valence-electron chi connectivity index (χ3n) is 6.45. The molecule has 2 aromatic rings. The number of piperidine rings is 1. The zero-order chi connectivity index (χ0) is 20.0. The summed E-state index contributed by atoms with van der Waals surface area (Å²) in [5.41, 5.74) is 0.773. The van der Waals surface area contributed by atoms with Crippen LogP contribution in [0.1, 0.15) is 47.6 Å². The van der Waals surface area contributed by atoms with Crippen molar-refractivity contribution in [3.8, 4) is 0 Å². The normalized spacial score (nSPS) is 25.5. The third kappa shape index (κ3) is 3.02. The summed E-state index contributed by atoms with van der Waals surface area (Å²) in [5, 5.41) is 0. The highest BCUT2D eigenvalue weighted by atomic mass is 19.1. The number of hydrogen-bond acceptors (Lipinski definition) is 3. The van der Waals surface area contributed by atoms with Gasteiger partial charge in [-0.3, -0.25) is 9.59 Å². The quantitative estimate of drug-likeness (QED) is 0.783. The first-order valence-corrected chi connectivity index (χ1v) is 10.2. The van der Waals surface area contributed by atoms with Gasteiger partial charge in [0, 0.05) is 31.5 Å². The topological polar surface area (TPSA) is 49.9 Å². The highest BCUT2D eigenvalue weighted by Gasteiger charge is 2.58. The summed E-state index contributed by atoms with van der Waals surface area (Å²) in [6, 6.07) is 15.5. The van der Waals surface area contributed by atoms with E-state index in [0.717, 1.165) is 18.4 Å². The number of likely N-dealkylation sites (tertiary alicyclic amines) is 1. The van der Waals surface area contributed by atoms with Crippen molar-refractivity contribution in [2.75, 3.05) is 13.1 Å². The predicted molar refractivity (Wildman–Crippen MR) is 104 cm³/mol. The van der Waals surface area contributed by atoms with Crippen LogP contribution in [0.25, 0.3) is 0 Å². The maximum Gasteiger partial charge on any atom is 0.257 e. The van der Waals surface area contributed by atoms with Gasteiger partial charge >= 0.3 is 0 Å². The molecule has 3 heterocycles. The summed E-state index contributed by atoms with van der Waals surface area (Å²) in [5.74, 6) is -0.268. The highest BCUT2D eigenvalue weighted by molar-refractivity contribution is 5.95. The third-order valence-corrected chi connectivity index (χ3v) is 6.45. The van der Waals surface area contributed by atoms with Gasteiger partial charge in [0.05, 0.1) is 6.04 Å². The first kappa shape index (κ1) is 18.3. The molecule has 5 nitrogen and oxygen atoms in total. The van der Waals surface area contributed by atoms with Gasteiger partial charge in [0.1, 0.15) is 12.0 Å². The predicted octanol–water partition coefficient (Wildman–Crippen LogP) is 3.52. The van der Waals surface area contributed by atoms with E-state index in [1.165, 1.54) is 12.1 Å². The molecule has 6 heteroatoms. The lowest BCUT2D eigenvalue weighted by Crippen LogP contribution is -2.51. The molecule has 0 bridgehead atoms. The molecule has 0 aliphatic carbocycles. The molecule has 2 atom stereocenters. The molecule has 2 amide bonds. The summed E-state index contributed by atoms with van der Waals surface area (Å²) in [7, 11) is 0. The van der Waals surface area contributed by atoms with E-state index in [-0.39, 0.29) is 29.9 Å². The molecule has 0 aromatic heterocycles. The van der Waals surface area contributed by atoms with E-state index in [2.05, 4.69) is 0 Å². The lowest BCUT2D eigenvalue weighted by molar-refractivity contribution is -0.142. The maximum atomic E-state index is 13.4. The fourth-order valence-corrected chi connectivity index (χ4v) is 4.89.